The summed E-state index contributed by atoms with van der Waals surface area (Å²) in [5, 5.41) is 9.91. The maximum absolute atomic E-state index is 8.54. The molecule has 0 unspecified atom stereocenters. The predicted molar refractivity (Wildman–Crippen MR) is 70.8 cm³/mol. The van der Waals surface area contributed by atoms with Crippen LogP contribution in [-0.2, 0) is 13.5 Å². The average molecular weight is 226 g/mol. The number of nitriles is 1. The molecule has 1 heterocycles. The van der Waals surface area contributed by atoms with E-state index in [0.717, 1.165) is 19.3 Å². The van der Waals surface area contributed by atoms with Gasteiger partial charge in [-0.1, -0.05) is 18.2 Å². The molecule has 0 N–H and O–H groups in total. The van der Waals surface area contributed by atoms with Crippen LogP contribution in [0.3, 0.4) is 0 Å². The molecule has 88 valence electrons. The molecule has 0 radical (unpaired) electrons. The zero-order valence-corrected chi connectivity index (χ0v) is 10.5. The van der Waals surface area contributed by atoms with Crippen LogP contribution < -0.4 is 0 Å². The summed E-state index contributed by atoms with van der Waals surface area (Å²) in [6.45, 7) is 2.18. The van der Waals surface area contributed by atoms with Gasteiger partial charge in [0.25, 0.3) is 0 Å². The van der Waals surface area contributed by atoms with Gasteiger partial charge in [-0.05, 0) is 37.8 Å². The molecule has 2 heteroatoms. The Hall–Kier alpha value is -1.75. The maximum Gasteiger partial charge on any atom is 0.0621 e. The second kappa shape index (κ2) is 5.05. The highest BCUT2D eigenvalue weighted by Gasteiger charge is 2.10. The second-order valence-corrected chi connectivity index (χ2v) is 4.51. The summed E-state index contributed by atoms with van der Waals surface area (Å²) < 4.78 is 2.26. The van der Waals surface area contributed by atoms with E-state index < -0.39 is 0 Å². The third-order valence-electron chi connectivity index (χ3n) is 3.50. The summed E-state index contributed by atoms with van der Waals surface area (Å²) >= 11 is 0. The van der Waals surface area contributed by atoms with Crippen LogP contribution in [0.4, 0.5) is 0 Å². The second-order valence-electron chi connectivity index (χ2n) is 4.51. The van der Waals surface area contributed by atoms with E-state index in [9.17, 15) is 0 Å². The lowest BCUT2D eigenvalue weighted by molar-refractivity contribution is 0.747. The van der Waals surface area contributed by atoms with Gasteiger partial charge in [0, 0.05) is 30.1 Å². The van der Waals surface area contributed by atoms with E-state index in [0.29, 0.717) is 6.42 Å². The molecule has 1 aromatic heterocycles. The summed E-state index contributed by atoms with van der Waals surface area (Å²) in [5.74, 6) is 0. The first-order chi connectivity index (χ1) is 8.25. The maximum atomic E-state index is 8.54. The van der Waals surface area contributed by atoms with Gasteiger partial charge in [0.05, 0.1) is 6.07 Å². The molecule has 1 aromatic carbocycles. The molecule has 0 fully saturated rings. The van der Waals surface area contributed by atoms with Crippen molar-refractivity contribution >= 4 is 10.9 Å². The fraction of sp³-hybridized carbons (Fsp3) is 0.400. The zero-order valence-electron chi connectivity index (χ0n) is 10.5. The lowest BCUT2D eigenvalue weighted by Crippen LogP contribution is -1.93. The Morgan fingerprint density at radius 3 is 2.76 bits per heavy atom. The van der Waals surface area contributed by atoms with Crippen LogP contribution in [0, 0.1) is 18.3 Å². The Bertz CT molecular complexity index is 558. The number of aromatic nitrogens is 1. The summed E-state index contributed by atoms with van der Waals surface area (Å²) in [6, 6.07) is 10.8. The number of fused-ring (bicyclic) bond motifs is 1. The Morgan fingerprint density at radius 2 is 2.00 bits per heavy atom. The van der Waals surface area contributed by atoms with Gasteiger partial charge < -0.3 is 4.57 Å². The molecule has 0 aliphatic carbocycles. The smallest absolute Gasteiger partial charge is 0.0621 e. The van der Waals surface area contributed by atoms with E-state index in [1.165, 1.54) is 22.2 Å². The molecule has 0 amide bonds. The van der Waals surface area contributed by atoms with Crippen LogP contribution in [0.15, 0.2) is 24.3 Å². The van der Waals surface area contributed by atoms with E-state index in [-0.39, 0.29) is 0 Å². The van der Waals surface area contributed by atoms with Gasteiger partial charge in [0.15, 0.2) is 0 Å². The number of aryl methyl sites for hydroxylation is 2. The normalized spacial score (nSPS) is 10.6. The van der Waals surface area contributed by atoms with Gasteiger partial charge in [-0.25, -0.2) is 0 Å². The Labute approximate surface area is 102 Å². The van der Waals surface area contributed by atoms with Gasteiger partial charge >= 0.3 is 0 Å². The van der Waals surface area contributed by atoms with Gasteiger partial charge in [-0.15, -0.1) is 0 Å². The summed E-state index contributed by atoms with van der Waals surface area (Å²) in [4.78, 5) is 0. The molecule has 0 aliphatic rings. The minimum Gasteiger partial charge on any atom is -0.348 e. The average Bonchev–Trinajstić information content (AvgIpc) is 2.60. The topological polar surface area (TPSA) is 28.7 Å². The zero-order chi connectivity index (χ0) is 12.3. The summed E-state index contributed by atoms with van der Waals surface area (Å²) in [6.07, 6.45) is 3.85. The summed E-state index contributed by atoms with van der Waals surface area (Å²) in [5.41, 5.74) is 4.10. The van der Waals surface area contributed by atoms with Crippen molar-refractivity contribution < 1.29 is 0 Å². The van der Waals surface area contributed by atoms with Gasteiger partial charge in [-0.2, -0.15) is 5.26 Å². The molecule has 2 aromatic rings. The minimum absolute atomic E-state index is 0.670. The Kier molecular flexibility index (Phi) is 3.49. The van der Waals surface area contributed by atoms with E-state index in [2.05, 4.69) is 48.9 Å². The molecule has 0 aliphatic heterocycles. The van der Waals surface area contributed by atoms with E-state index in [1.807, 2.05) is 0 Å². The lowest BCUT2D eigenvalue weighted by Gasteiger charge is -2.01. The van der Waals surface area contributed by atoms with Crippen molar-refractivity contribution in [3.63, 3.8) is 0 Å². The fourth-order valence-electron chi connectivity index (χ4n) is 2.42. The van der Waals surface area contributed by atoms with Crippen LogP contribution in [0.25, 0.3) is 10.9 Å². The number of hydrogen-bond acceptors (Lipinski definition) is 1. The first-order valence-corrected chi connectivity index (χ1v) is 6.15. The SMILES string of the molecule is Cc1c(CCCCC#N)c2ccccc2n1C. The van der Waals surface area contributed by atoms with Gasteiger partial charge in [-0.3, -0.25) is 0 Å². The number of benzene rings is 1. The highest BCUT2D eigenvalue weighted by molar-refractivity contribution is 5.85. The number of para-hydroxylation sites is 1. The highest BCUT2D eigenvalue weighted by atomic mass is 14.9. The lowest BCUT2D eigenvalue weighted by atomic mass is 10.0. The quantitative estimate of drug-likeness (QED) is 0.730. The molecule has 0 bridgehead atoms. The molecular formula is C15H18N2. The molecule has 0 saturated heterocycles. The third-order valence-corrected chi connectivity index (χ3v) is 3.50. The Balaban J connectivity index is 2.27. The molecule has 0 spiro atoms. The van der Waals surface area contributed by atoms with Gasteiger partial charge in [0.2, 0.25) is 0 Å². The van der Waals surface area contributed by atoms with Crippen molar-refractivity contribution in [1.82, 2.24) is 4.57 Å². The standard InChI is InChI=1S/C15H18N2/c1-12-13(8-4-3-7-11-16)14-9-5-6-10-15(14)17(12)2/h5-6,9-10H,3-4,7-8H2,1-2H3. The van der Waals surface area contributed by atoms with E-state index in [4.69, 9.17) is 5.26 Å². The van der Waals surface area contributed by atoms with Crippen molar-refractivity contribution in [2.45, 2.75) is 32.6 Å². The number of unbranched alkanes of at least 4 members (excludes halogenated alkanes) is 2. The van der Waals surface area contributed by atoms with Crippen molar-refractivity contribution in [3.05, 3.63) is 35.5 Å². The van der Waals surface area contributed by atoms with E-state index >= 15 is 0 Å². The molecule has 0 saturated carbocycles. The number of rotatable bonds is 4. The van der Waals surface area contributed by atoms with Crippen LogP contribution in [0.5, 0.6) is 0 Å². The predicted octanol–water partition coefficient (Wildman–Crippen LogP) is 3.72. The van der Waals surface area contributed by atoms with Crippen molar-refractivity contribution in [1.29, 1.82) is 5.26 Å². The van der Waals surface area contributed by atoms with Crippen LogP contribution >= 0.6 is 0 Å². The molecule has 2 rings (SSSR count). The first-order valence-electron chi connectivity index (χ1n) is 6.15. The number of hydrogen-bond donors (Lipinski definition) is 0. The van der Waals surface area contributed by atoms with Crippen molar-refractivity contribution in [3.8, 4) is 6.07 Å². The monoisotopic (exact) mass is 226 g/mol. The third kappa shape index (κ3) is 2.19. The molecule has 17 heavy (non-hydrogen) atoms. The first kappa shape index (κ1) is 11.7. The largest absolute Gasteiger partial charge is 0.348 e. The molecule has 2 nitrogen and oxygen atoms in total. The molecule has 0 atom stereocenters. The molecular weight excluding hydrogens is 208 g/mol. The minimum atomic E-state index is 0.670. The highest BCUT2D eigenvalue weighted by Crippen LogP contribution is 2.26. The van der Waals surface area contributed by atoms with Crippen molar-refractivity contribution in [2.75, 3.05) is 0 Å². The van der Waals surface area contributed by atoms with Crippen LogP contribution in [0.2, 0.25) is 0 Å². The van der Waals surface area contributed by atoms with Crippen LogP contribution in [0.1, 0.15) is 30.5 Å². The van der Waals surface area contributed by atoms with Crippen molar-refractivity contribution in [2.24, 2.45) is 7.05 Å². The van der Waals surface area contributed by atoms with E-state index in [1.54, 1.807) is 0 Å². The number of nitrogens with zero attached hydrogens (tertiary/aromatic N) is 2. The Morgan fingerprint density at radius 1 is 1.24 bits per heavy atom. The van der Waals surface area contributed by atoms with Crippen LogP contribution in [-0.4, -0.2) is 4.57 Å². The fourth-order valence-corrected chi connectivity index (χ4v) is 2.42. The summed E-state index contributed by atoms with van der Waals surface area (Å²) in [7, 11) is 2.12. The van der Waals surface area contributed by atoms with Gasteiger partial charge in [0.1, 0.15) is 0 Å².